The molecule has 0 amide bonds. The van der Waals surface area contributed by atoms with Crippen LogP contribution < -0.4 is 0 Å². The van der Waals surface area contributed by atoms with Crippen LogP contribution in [-0.4, -0.2) is 24.2 Å². The molecule has 0 heterocycles. The first-order chi connectivity index (χ1) is 7.72. The van der Waals surface area contributed by atoms with Gasteiger partial charge in [0.15, 0.2) is 6.29 Å². The number of hydrogen-bond acceptors (Lipinski definition) is 3. The van der Waals surface area contributed by atoms with E-state index in [1.807, 2.05) is 0 Å². The summed E-state index contributed by atoms with van der Waals surface area (Å²) in [5.74, 6) is -0.484. The molecule has 0 radical (unpaired) electrons. The number of unbranched alkanes of at least 4 members (excludes halogenated alkanes) is 5. The molecule has 0 rings (SSSR count). The molecular formula is C12H21ClO3. The Balaban J connectivity index is 3.38. The van der Waals surface area contributed by atoms with Gasteiger partial charge in [0.05, 0.1) is 0 Å². The summed E-state index contributed by atoms with van der Waals surface area (Å²) in [4.78, 5) is 21.1. The number of alkyl halides is 1. The number of carbonyl (C=O) groups excluding carboxylic acids is 2. The molecule has 0 aliphatic rings. The minimum Gasteiger partial charge on any atom is -0.457 e. The predicted octanol–water partition coefficient (Wildman–Crippen LogP) is 3.09. The van der Waals surface area contributed by atoms with Gasteiger partial charge in [0.25, 0.3) is 0 Å². The van der Waals surface area contributed by atoms with Crippen molar-refractivity contribution in [3.05, 3.63) is 0 Å². The van der Waals surface area contributed by atoms with Crippen molar-refractivity contribution in [2.24, 2.45) is 0 Å². The highest BCUT2D eigenvalue weighted by Gasteiger charge is 2.15. The highest BCUT2D eigenvalue weighted by atomic mass is 35.5. The molecule has 0 fully saturated rings. The molecule has 0 spiro atoms. The number of hydrogen-bond donors (Lipinski definition) is 0. The number of ether oxygens (including phenoxy) is 1. The van der Waals surface area contributed by atoms with Crippen molar-refractivity contribution in [2.45, 2.75) is 57.2 Å². The maximum atomic E-state index is 11.2. The fraction of sp³-hybridized carbons (Fsp3) is 0.833. The van der Waals surface area contributed by atoms with Gasteiger partial charge in [0.2, 0.25) is 0 Å². The van der Waals surface area contributed by atoms with Crippen LogP contribution in [0, 0.1) is 0 Å². The zero-order valence-electron chi connectivity index (χ0n) is 9.91. The minimum absolute atomic E-state index is 0.196. The molecule has 0 aliphatic heterocycles. The molecule has 16 heavy (non-hydrogen) atoms. The molecule has 0 saturated carbocycles. The molecule has 0 N–H and O–H groups in total. The molecule has 0 aromatic heterocycles. The predicted molar refractivity (Wildman–Crippen MR) is 64.7 cm³/mol. The first-order valence-corrected chi connectivity index (χ1v) is 6.40. The topological polar surface area (TPSA) is 43.4 Å². The van der Waals surface area contributed by atoms with Gasteiger partial charge in [-0.3, -0.25) is 9.59 Å². The third kappa shape index (κ3) is 8.72. The Morgan fingerprint density at radius 3 is 2.50 bits per heavy atom. The summed E-state index contributed by atoms with van der Waals surface area (Å²) in [6.07, 6.45) is 8.16. The van der Waals surface area contributed by atoms with Crippen LogP contribution >= 0.6 is 11.6 Å². The number of carbonyl (C=O) groups is 2. The summed E-state index contributed by atoms with van der Waals surface area (Å²) in [5, 5.41) is -0.605. The van der Waals surface area contributed by atoms with Gasteiger partial charge >= 0.3 is 5.97 Å². The van der Waals surface area contributed by atoms with Crippen LogP contribution in [0.1, 0.15) is 51.9 Å². The Kier molecular flexibility index (Phi) is 10.5. The van der Waals surface area contributed by atoms with Gasteiger partial charge in [-0.1, -0.05) is 45.4 Å². The molecule has 0 saturated heterocycles. The molecule has 3 nitrogen and oxygen atoms in total. The van der Waals surface area contributed by atoms with E-state index < -0.39 is 11.3 Å². The van der Waals surface area contributed by atoms with E-state index in [-0.39, 0.29) is 6.61 Å². The molecule has 0 bridgehead atoms. The summed E-state index contributed by atoms with van der Waals surface area (Å²) < 4.78 is 4.61. The Morgan fingerprint density at radius 1 is 1.25 bits per heavy atom. The van der Waals surface area contributed by atoms with E-state index in [0.717, 1.165) is 12.8 Å². The third-order valence-electron chi connectivity index (χ3n) is 2.36. The van der Waals surface area contributed by atoms with E-state index in [4.69, 9.17) is 11.6 Å². The Hall–Kier alpha value is -0.570. The molecule has 94 valence electrons. The second-order valence-electron chi connectivity index (χ2n) is 3.82. The SMILES string of the molecule is CCCCCCCCC(Cl)C(=O)OCC=O. The molecular weight excluding hydrogens is 228 g/mol. The van der Waals surface area contributed by atoms with Crippen LogP contribution in [0.25, 0.3) is 0 Å². The van der Waals surface area contributed by atoms with Crippen molar-refractivity contribution in [2.75, 3.05) is 6.61 Å². The van der Waals surface area contributed by atoms with Gasteiger partial charge < -0.3 is 4.74 Å². The average Bonchev–Trinajstić information content (AvgIpc) is 2.30. The number of esters is 1. The van der Waals surface area contributed by atoms with Crippen molar-refractivity contribution in [3.63, 3.8) is 0 Å². The van der Waals surface area contributed by atoms with Crippen molar-refractivity contribution in [3.8, 4) is 0 Å². The highest BCUT2D eigenvalue weighted by molar-refractivity contribution is 6.29. The van der Waals surface area contributed by atoms with E-state index in [2.05, 4.69) is 11.7 Å². The van der Waals surface area contributed by atoms with Crippen LogP contribution in [0.5, 0.6) is 0 Å². The quantitative estimate of drug-likeness (QED) is 0.258. The minimum atomic E-state index is -0.605. The van der Waals surface area contributed by atoms with Gasteiger partial charge in [-0.2, -0.15) is 0 Å². The van der Waals surface area contributed by atoms with Crippen LogP contribution in [0.4, 0.5) is 0 Å². The van der Waals surface area contributed by atoms with Gasteiger partial charge in [0.1, 0.15) is 12.0 Å². The standard InChI is InChI=1S/C12H21ClO3/c1-2-3-4-5-6-7-8-11(13)12(15)16-10-9-14/h9,11H,2-8,10H2,1H3. The number of rotatable bonds is 10. The van der Waals surface area contributed by atoms with Gasteiger partial charge in [-0.05, 0) is 6.42 Å². The van der Waals surface area contributed by atoms with E-state index in [1.165, 1.54) is 25.7 Å². The third-order valence-corrected chi connectivity index (χ3v) is 2.76. The molecule has 4 heteroatoms. The van der Waals surface area contributed by atoms with Crippen molar-refractivity contribution in [1.29, 1.82) is 0 Å². The number of aldehydes is 1. The summed E-state index contributed by atoms with van der Waals surface area (Å²) in [6.45, 7) is 1.98. The van der Waals surface area contributed by atoms with Crippen molar-refractivity contribution >= 4 is 23.9 Å². The molecule has 1 atom stereocenters. The average molecular weight is 249 g/mol. The lowest BCUT2D eigenvalue weighted by molar-refractivity contribution is -0.145. The van der Waals surface area contributed by atoms with Crippen LogP contribution in [0.2, 0.25) is 0 Å². The maximum absolute atomic E-state index is 11.2. The maximum Gasteiger partial charge on any atom is 0.324 e. The van der Waals surface area contributed by atoms with Crippen LogP contribution in [0.15, 0.2) is 0 Å². The summed E-state index contributed by atoms with van der Waals surface area (Å²) in [6, 6.07) is 0. The van der Waals surface area contributed by atoms with Gasteiger partial charge in [-0.25, -0.2) is 0 Å². The zero-order chi connectivity index (χ0) is 12.2. The van der Waals surface area contributed by atoms with E-state index in [1.54, 1.807) is 0 Å². The summed E-state index contributed by atoms with van der Waals surface area (Å²) in [5.41, 5.74) is 0. The monoisotopic (exact) mass is 248 g/mol. The van der Waals surface area contributed by atoms with E-state index in [0.29, 0.717) is 12.7 Å². The van der Waals surface area contributed by atoms with Crippen LogP contribution in [0.3, 0.4) is 0 Å². The largest absolute Gasteiger partial charge is 0.457 e. The first-order valence-electron chi connectivity index (χ1n) is 5.96. The lowest BCUT2D eigenvalue weighted by atomic mass is 10.1. The second kappa shape index (κ2) is 10.9. The van der Waals surface area contributed by atoms with Crippen molar-refractivity contribution in [1.82, 2.24) is 0 Å². The fourth-order valence-electron chi connectivity index (χ4n) is 1.43. The normalized spacial score (nSPS) is 12.1. The molecule has 1 unspecified atom stereocenters. The zero-order valence-corrected chi connectivity index (χ0v) is 10.7. The Morgan fingerprint density at radius 2 is 1.88 bits per heavy atom. The van der Waals surface area contributed by atoms with Crippen molar-refractivity contribution < 1.29 is 14.3 Å². The molecule has 0 aromatic carbocycles. The van der Waals surface area contributed by atoms with Gasteiger partial charge in [0, 0.05) is 0 Å². The Labute approximate surface area is 102 Å². The smallest absolute Gasteiger partial charge is 0.324 e. The molecule has 0 aromatic rings. The van der Waals surface area contributed by atoms with Gasteiger partial charge in [-0.15, -0.1) is 11.6 Å². The second-order valence-corrected chi connectivity index (χ2v) is 4.35. The van der Waals surface area contributed by atoms with Crippen LogP contribution in [-0.2, 0) is 14.3 Å². The lowest BCUT2D eigenvalue weighted by Gasteiger charge is -2.07. The molecule has 0 aliphatic carbocycles. The lowest BCUT2D eigenvalue weighted by Crippen LogP contribution is -2.18. The Bertz CT molecular complexity index is 195. The van der Waals surface area contributed by atoms with E-state index in [9.17, 15) is 9.59 Å². The first kappa shape index (κ1) is 15.4. The summed E-state index contributed by atoms with van der Waals surface area (Å²) in [7, 11) is 0. The van der Waals surface area contributed by atoms with E-state index >= 15 is 0 Å². The summed E-state index contributed by atoms with van der Waals surface area (Å²) >= 11 is 5.82. The fourth-order valence-corrected chi connectivity index (χ4v) is 1.65. The number of halogens is 1. The highest BCUT2D eigenvalue weighted by Crippen LogP contribution is 2.12.